The highest BCUT2D eigenvalue weighted by atomic mass is 16.3. The number of rotatable bonds is 5. The van der Waals surface area contributed by atoms with Crippen molar-refractivity contribution in [2.24, 2.45) is 0 Å². The second-order valence-corrected chi connectivity index (χ2v) is 10.2. The zero-order valence-electron chi connectivity index (χ0n) is 21.4. The number of carbonyl (C=O) groups is 1. The van der Waals surface area contributed by atoms with Crippen LogP contribution in [0.15, 0.2) is 65.5 Å². The van der Waals surface area contributed by atoms with Crippen LogP contribution >= 0.6 is 0 Å². The van der Waals surface area contributed by atoms with Crippen LogP contribution in [0.2, 0.25) is 0 Å². The van der Waals surface area contributed by atoms with Gasteiger partial charge in [-0.15, -0.1) is 0 Å². The maximum atomic E-state index is 13.7. The minimum absolute atomic E-state index is 0.0331. The first-order chi connectivity index (χ1) is 18.1. The lowest BCUT2D eigenvalue weighted by Crippen LogP contribution is -2.53. The van der Waals surface area contributed by atoms with E-state index in [0.29, 0.717) is 29.0 Å². The van der Waals surface area contributed by atoms with Gasteiger partial charge in [0.15, 0.2) is 5.76 Å². The number of furan rings is 1. The summed E-state index contributed by atoms with van der Waals surface area (Å²) >= 11 is 0. The molecule has 1 amide bonds. The Bertz CT molecular complexity index is 1390. The van der Waals surface area contributed by atoms with Crippen molar-refractivity contribution in [1.29, 1.82) is 0 Å². The molecule has 0 saturated carbocycles. The molecule has 0 N–H and O–H groups in total. The summed E-state index contributed by atoms with van der Waals surface area (Å²) in [6, 6.07) is 14.8. The smallest absolute Gasteiger partial charge is 0.257 e. The number of aromatic nitrogens is 4. The van der Waals surface area contributed by atoms with Crippen molar-refractivity contribution in [3.63, 3.8) is 0 Å². The lowest BCUT2D eigenvalue weighted by atomic mass is 9.87. The first-order valence-corrected chi connectivity index (χ1v) is 13.1. The van der Waals surface area contributed by atoms with Gasteiger partial charge in [0.25, 0.3) is 11.9 Å². The highest BCUT2D eigenvalue weighted by Crippen LogP contribution is 2.27. The van der Waals surface area contributed by atoms with E-state index in [9.17, 15) is 4.79 Å². The summed E-state index contributed by atoms with van der Waals surface area (Å²) in [5.41, 5.74) is 5.10. The molecule has 1 aliphatic carbocycles. The van der Waals surface area contributed by atoms with Gasteiger partial charge in [-0.2, -0.15) is 5.10 Å². The quantitative estimate of drug-likeness (QED) is 0.408. The fourth-order valence-corrected chi connectivity index (χ4v) is 5.70. The monoisotopic (exact) mass is 496 g/mol. The Balaban J connectivity index is 1.18. The summed E-state index contributed by atoms with van der Waals surface area (Å²) in [7, 11) is 0. The van der Waals surface area contributed by atoms with Crippen molar-refractivity contribution in [3.8, 4) is 17.4 Å². The molecule has 0 bridgehead atoms. The van der Waals surface area contributed by atoms with E-state index >= 15 is 0 Å². The van der Waals surface area contributed by atoms with Crippen LogP contribution in [0.25, 0.3) is 17.4 Å². The van der Waals surface area contributed by atoms with Crippen molar-refractivity contribution >= 4 is 5.91 Å². The Kier molecular flexibility index (Phi) is 6.34. The van der Waals surface area contributed by atoms with Crippen molar-refractivity contribution in [3.05, 3.63) is 83.5 Å². The highest BCUT2D eigenvalue weighted by Gasteiger charge is 2.31. The number of aryl methyl sites for hydroxylation is 1. The minimum Gasteiger partial charge on any atom is -0.463 e. The van der Waals surface area contributed by atoms with E-state index in [2.05, 4.69) is 58.1 Å². The number of amides is 1. The number of hydrogen-bond donors (Lipinski definition) is 0. The predicted molar refractivity (Wildman–Crippen MR) is 141 cm³/mol. The van der Waals surface area contributed by atoms with Gasteiger partial charge >= 0.3 is 0 Å². The van der Waals surface area contributed by atoms with E-state index in [4.69, 9.17) is 4.42 Å². The minimum atomic E-state index is 0.0331. The van der Waals surface area contributed by atoms with Crippen LogP contribution in [0, 0.1) is 0 Å². The summed E-state index contributed by atoms with van der Waals surface area (Å²) in [5, 5.41) is 4.56. The van der Waals surface area contributed by atoms with Crippen LogP contribution in [0.3, 0.4) is 0 Å². The van der Waals surface area contributed by atoms with Crippen LogP contribution in [-0.2, 0) is 12.8 Å². The molecule has 0 spiro atoms. The molecule has 4 aromatic rings. The molecule has 4 heterocycles. The molecule has 1 aromatic carbocycles. The van der Waals surface area contributed by atoms with Gasteiger partial charge in [0.2, 0.25) is 0 Å². The zero-order chi connectivity index (χ0) is 25.4. The Hall–Kier alpha value is -3.78. The van der Waals surface area contributed by atoms with Crippen LogP contribution in [0.5, 0.6) is 0 Å². The lowest BCUT2D eigenvalue weighted by Gasteiger charge is -2.41. The normalized spacial score (nSPS) is 18.2. The molecule has 1 fully saturated rings. The molecular weight excluding hydrogens is 464 g/mol. The standard InChI is InChI=1S/C29H32N6O2/c1-20(2)27-24(19-31-35(27)29-30-12-11-25(32-29)26-8-5-17-37-26)28(36)34-15-13-33(14-16-34)23-10-9-21-6-3-4-7-22(21)18-23/h3-8,11-12,17,19-20,23H,9-10,13-16,18H2,1-2H3/t23-/m0/s1. The van der Waals surface area contributed by atoms with E-state index in [-0.39, 0.29) is 11.8 Å². The summed E-state index contributed by atoms with van der Waals surface area (Å²) in [6.45, 7) is 7.39. The topological polar surface area (TPSA) is 80.3 Å². The highest BCUT2D eigenvalue weighted by molar-refractivity contribution is 5.95. The molecule has 190 valence electrons. The Labute approximate surface area is 216 Å². The molecule has 0 unspecified atom stereocenters. The van der Waals surface area contributed by atoms with Gasteiger partial charge in [-0.25, -0.2) is 14.6 Å². The SMILES string of the molecule is CC(C)c1c(C(=O)N2CCN([C@H]3CCc4ccccc4C3)CC2)cnn1-c1nccc(-c2ccco2)n1. The number of piperazine rings is 1. The van der Waals surface area contributed by atoms with Gasteiger partial charge in [-0.3, -0.25) is 9.69 Å². The number of benzene rings is 1. The van der Waals surface area contributed by atoms with E-state index in [0.717, 1.165) is 44.7 Å². The third-order valence-electron chi connectivity index (χ3n) is 7.63. The number of hydrogen-bond acceptors (Lipinski definition) is 6. The predicted octanol–water partition coefficient (Wildman–Crippen LogP) is 4.36. The molecule has 1 aliphatic heterocycles. The number of fused-ring (bicyclic) bond motifs is 1. The molecule has 1 atom stereocenters. The van der Waals surface area contributed by atoms with Crippen LogP contribution in [0.1, 0.15) is 53.4 Å². The first-order valence-electron chi connectivity index (χ1n) is 13.1. The Morgan fingerprint density at radius 3 is 2.59 bits per heavy atom. The molecule has 2 aliphatic rings. The second-order valence-electron chi connectivity index (χ2n) is 10.2. The van der Waals surface area contributed by atoms with Crippen molar-refractivity contribution < 1.29 is 9.21 Å². The van der Waals surface area contributed by atoms with E-state index < -0.39 is 0 Å². The van der Waals surface area contributed by atoms with E-state index in [1.807, 2.05) is 17.0 Å². The number of carbonyl (C=O) groups excluding carboxylic acids is 1. The molecule has 3 aromatic heterocycles. The number of nitrogens with zero attached hydrogens (tertiary/aromatic N) is 6. The van der Waals surface area contributed by atoms with Crippen LogP contribution in [-0.4, -0.2) is 67.7 Å². The maximum Gasteiger partial charge on any atom is 0.257 e. The van der Waals surface area contributed by atoms with Crippen molar-refractivity contribution in [1.82, 2.24) is 29.5 Å². The van der Waals surface area contributed by atoms with Gasteiger partial charge in [0.1, 0.15) is 5.69 Å². The summed E-state index contributed by atoms with van der Waals surface area (Å²) in [6.07, 6.45) is 8.41. The van der Waals surface area contributed by atoms with Gasteiger partial charge in [0, 0.05) is 38.4 Å². The van der Waals surface area contributed by atoms with Crippen LogP contribution in [0.4, 0.5) is 0 Å². The maximum absolute atomic E-state index is 13.7. The van der Waals surface area contributed by atoms with Crippen LogP contribution < -0.4 is 0 Å². The molecule has 6 rings (SSSR count). The third kappa shape index (κ3) is 4.57. The van der Waals surface area contributed by atoms with Crippen molar-refractivity contribution in [2.75, 3.05) is 26.2 Å². The first kappa shape index (κ1) is 23.6. The molecule has 0 radical (unpaired) electrons. The molecule has 1 saturated heterocycles. The average molecular weight is 497 g/mol. The largest absolute Gasteiger partial charge is 0.463 e. The molecule has 8 heteroatoms. The van der Waals surface area contributed by atoms with Gasteiger partial charge in [-0.1, -0.05) is 38.1 Å². The average Bonchev–Trinajstić information content (AvgIpc) is 3.64. The Morgan fingerprint density at radius 2 is 1.84 bits per heavy atom. The molecule has 8 nitrogen and oxygen atoms in total. The van der Waals surface area contributed by atoms with Crippen molar-refractivity contribution in [2.45, 2.75) is 45.1 Å². The van der Waals surface area contributed by atoms with Gasteiger partial charge in [0.05, 0.1) is 23.7 Å². The van der Waals surface area contributed by atoms with Gasteiger partial charge in [-0.05, 0) is 54.5 Å². The van der Waals surface area contributed by atoms with E-state index in [1.54, 1.807) is 29.4 Å². The van der Waals surface area contributed by atoms with E-state index in [1.165, 1.54) is 17.5 Å². The lowest BCUT2D eigenvalue weighted by molar-refractivity contribution is 0.0551. The summed E-state index contributed by atoms with van der Waals surface area (Å²) < 4.78 is 7.19. The molecule has 37 heavy (non-hydrogen) atoms. The molecular formula is C29H32N6O2. The zero-order valence-corrected chi connectivity index (χ0v) is 21.4. The summed E-state index contributed by atoms with van der Waals surface area (Å²) in [4.78, 5) is 27.3. The Morgan fingerprint density at radius 1 is 1.03 bits per heavy atom. The fourth-order valence-electron chi connectivity index (χ4n) is 5.70. The summed E-state index contributed by atoms with van der Waals surface area (Å²) in [5.74, 6) is 1.20. The van der Waals surface area contributed by atoms with Gasteiger partial charge < -0.3 is 9.32 Å². The third-order valence-corrected chi connectivity index (χ3v) is 7.63. The fraction of sp³-hybridized carbons (Fsp3) is 0.379. The second kappa shape index (κ2) is 9.94.